The first kappa shape index (κ1) is 32.2. The highest BCUT2D eigenvalue weighted by atomic mass is 35.5. The van der Waals surface area contributed by atoms with Crippen LogP contribution in [0.3, 0.4) is 0 Å². The molecule has 0 aliphatic rings. The molecule has 0 heterocycles. The van der Waals surface area contributed by atoms with E-state index in [1.54, 1.807) is 0 Å². The largest absolute Gasteiger partial charge is 0.377 e. The molecule has 0 spiro atoms. The molecule has 37 heavy (non-hydrogen) atoms. The molecule has 0 aromatic heterocycles. The maximum Gasteiger partial charge on any atom is 0.0927 e. The van der Waals surface area contributed by atoms with Crippen LogP contribution in [0.5, 0.6) is 0 Å². The van der Waals surface area contributed by atoms with Crippen molar-refractivity contribution >= 4 is 23.2 Å². The highest BCUT2D eigenvalue weighted by molar-refractivity contribution is 6.24. The van der Waals surface area contributed by atoms with Gasteiger partial charge < -0.3 is 4.74 Å². The smallest absolute Gasteiger partial charge is 0.0927 e. The van der Waals surface area contributed by atoms with E-state index in [1.807, 2.05) is 0 Å². The van der Waals surface area contributed by atoms with Crippen LogP contribution in [0.15, 0.2) is 60.7 Å². The quantitative estimate of drug-likeness (QED) is 0.105. The van der Waals surface area contributed by atoms with Gasteiger partial charge in [0.1, 0.15) is 0 Å². The van der Waals surface area contributed by atoms with Crippen LogP contribution in [-0.2, 0) is 14.5 Å². The van der Waals surface area contributed by atoms with Gasteiger partial charge in [0.2, 0.25) is 0 Å². The van der Waals surface area contributed by atoms with E-state index in [-0.39, 0.29) is 0 Å². The summed E-state index contributed by atoms with van der Waals surface area (Å²) in [5.41, 5.74) is 2.30. The zero-order chi connectivity index (χ0) is 26.7. The topological polar surface area (TPSA) is 9.23 Å². The second-order valence-corrected chi connectivity index (χ2v) is 12.3. The molecule has 3 heteroatoms. The number of alkyl halides is 2. The molecule has 0 saturated heterocycles. The molecular formula is C34H52Cl2O. The second-order valence-electron chi connectivity index (χ2n) is 10.9. The standard InChI is InChI=1S/C34H52Cl2O/c1-3-5-7-9-11-13-21-27-33(35,31-23-17-15-18-24-31)29-37-30-34(36,32-25-19-16-20-26-32)28-22-14-12-10-8-6-4-2/h15-20,23-26H,3-14,21-22,27-30H2,1-2H3. The van der Waals surface area contributed by atoms with Crippen LogP contribution in [0.2, 0.25) is 0 Å². The lowest BCUT2D eigenvalue weighted by molar-refractivity contribution is 0.0804. The average molecular weight is 548 g/mol. The molecule has 2 atom stereocenters. The van der Waals surface area contributed by atoms with Crippen molar-refractivity contribution in [3.05, 3.63) is 71.8 Å². The number of halogens is 2. The molecule has 0 aliphatic heterocycles. The lowest BCUT2D eigenvalue weighted by Crippen LogP contribution is -2.31. The molecule has 1 nitrogen and oxygen atoms in total. The summed E-state index contributed by atoms with van der Waals surface area (Å²) in [4.78, 5) is -1.03. The van der Waals surface area contributed by atoms with Crippen molar-refractivity contribution in [2.75, 3.05) is 13.2 Å². The Kier molecular flexibility index (Phi) is 16.6. The minimum absolute atomic E-state index is 0.479. The first-order valence-electron chi connectivity index (χ1n) is 15.1. The zero-order valence-electron chi connectivity index (χ0n) is 23.7. The summed E-state index contributed by atoms with van der Waals surface area (Å²) >= 11 is 14.6. The Bertz CT molecular complexity index is 728. The van der Waals surface area contributed by atoms with Crippen molar-refractivity contribution in [1.29, 1.82) is 0 Å². The molecule has 2 rings (SSSR count). The van der Waals surface area contributed by atoms with Crippen molar-refractivity contribution < 1.29 is 4.74 Å². The number of hydrogen-bond acceptors (Lipinski definition) is 1. The van der Waals surface area contributed by atoms with E-state index in [2.05, 4.69) is 74.5 Å². The van der Waals surface area contributed by atoms with Gasteiger partial charge in [-0.05, 0) is 24.0 Å². The Morgan fingerprint density at radius 1 is 0.486 bits per heavy atom. The van der Waals surface area contributed by atoms with Crippen molar-refractivity contribution in [2.24, 2.45) is 0 Å². The Morgan fingerprint density at radius 3 is 1.16 bits per heavy atom. The molecule has 208 valence electrons. The molecular weight excluding hydrogens is 495 g/mol. The number of hydrogen-bond donors (Lipinski definition) is 0. The third-order valence-electron chi connectivity index (χ3n) is 7.60. The summed E-state index contributed by atoms with van der Waals surface area (Å²) in [6.07, 6.45) is 19.8. The van der Waals surface area contributed by atoms with E-state index in [4.69, 9.17) is 27.9 Å². The predicted octanol–water partition coefficient (Wildman–Crippen LogP) is 11.6. The minimum Gasteiger partial charge on any atom is -0.377 e. The maximum atomic E-state index is 7.32. The molecule has 0 amide bonds. The van der Waals surface area contributed by atoms with E-state index in [1.165, 1.54) is 77.0 Å². The fourth-order valence-corrected chi connectivity index (χ4v) is 5.85. The number of unbranched alkanes of at least 4 members (excludes halogenated alkanes) is 12. The van der Waals surface area contributed by atoms with Gasteiger partial charge in [0.05, 0.1) is 23.0 Å². The Hall–Kier alpha value is -1.02. The maximum absolute atomic E-state index is 7.32. The van der Waals surface area contributed by atoms with Gasteiger partial charge in [-0.25, -0.2) is 0 Å². The molecule has 2 aromatic rings. The van der Waals surface area contributed by atoms with Crippen molar-refractivity contribution in [3.63, 3.8) is 0 Å². The van der Waals surface area contributed by atoms with Gasteiger partial charge in [-0.15, -0.1) is 23.2 Å². The van der Waals surface area contributed by atoms with Crippen molar-refractivity contribution in [2.45, 2.75) is 126 Å². The molecule has 0 radical (unpaired) electrons. The van der Waals surface area contributed by atoms with Crippen molar-refractivity contribution in [3.8, 4) is 0 Å². The molecule has 2 aromatic carbocycles. The fourth-order valence-electron chi connectivity index (χ4n) is 5.17. The van der Waals surface area contributed by atoms with Crippen LogP contribution in [0.1, 0.15) is 128 Å². The highest BCUT2D eigenvalue weighted by Crippen LogP contribution is 2.39. The predicted molar refractivity (Wildman–Crippen MR) is 164 cm³/mol. The molecule has 0 bridgehead atoms. The molecule has 0 saturated carbocycles. The zero-order valence-corrected chi connectivity index (χ0v) is 25.2. The monoisotopic (exact) mass is 546 g/mol. The number of ether oxygens (including phenoxy) is 1. The molecule has 0 aliphatic carbocycles. The summed E-state index contributed by atoms with van der Waals surface area (Å²) in [6, 6.07) is 21.0. The van der Waals surface area contributed by atoms with Crippen LogP contribution in [0.25, 0.3) is 0 Å². The van der Waals surface area contributed by atoms with Crippen molar-refractivity contribution in [1.82, 2.24) is 0 Å². The Balaban J connectivity index is 1.95. The van der Waals surface area contributed by atoms with Gasteiger partial charge >= 0.3 is 0 Å². The summed E-state index contributed by atoms with van der Waals surface area (Å²) in [7, 11) is 0. The summed E-state index contributed by atoms with van der Waals surface area (Å²) in [5.74, 6) is 0. The summed E-state index contributed by atoms with van der Waals surface area (Å²) < 4.78 is 6.43. The Morgan fingerprint density at radius 2 is 0.811 bits per heavy atom. The van der Waals surface area contributed by atoms with Gasteiger partial charge in [0.25, 0.3) is 0 Å². The van der Waals surface area contributed by atoms with E-state index >= 15 is 0 Å². The SMILES string of the molecule is CCCCCCCCCC(Cl)(COCC(Cl)(CCCCCCCCC)c1ccccc1)c1ccccc1. The second kappa shape index (κ2) is 19.1. The summed E-state index contributed by atoms with van der Waals surface area (Å²) in [6.45, 7) is 5.49. The van der Waals surface area contributed by atoms with Gasteiger partial charge in [-0.3, -0.25) is 0 Å². The van der Waals surface area contributed by atoms with E-state index < -0.39 is 9.75 Å². The first-order chi connectivity index (χ1) is 18.0. The molecule has 0 N–H and O–H groups in total. The lowest BCUT2D eigenvalue weighted by Gasteiger charge is -2.32. The van der Waals surface area contributed by atoms with Gasteiger partial charge in [0.15, 0.2) is 0 Å². The van der Waals surface area contributed by atoms with E-state index in [0.29, 0.717) is 13.2 Å². The van der Waals surface area contributed by atoms with Gasteiger partial charge in [-0.1, -0.05) is 164 Å². The van der Waals surface area contributed by atoms with Crippen LogP contribution in [-0.4, -0.2) is 13.2 Å². The van der Waals surface area contributed by atoms with Crippen LogP contribution in [0.4, 0.5) is 0 Å². The number of rotatable bonds is 22. The molecule has 2 unspecified atom stereocenters. The van der Waals surface area contributed by atoms with E-state index in [0.717, 1.165) is 36.8 Å². The van der Waals surface area contributed by atoms with Crippen LogP contribution < -0.4 is 0 Å². The lowest BCUT2D eigenvalue weighted by atomic mass is 9.91. The third kappa shape index (κ3) is 12.6. The Labute approximate surface area is 238 Å². The highest BCUT2D eigenvalue weighted by Gasteiger charge is 2.33. The average Bonchev–Trinajstić information content (AvgIpc) is 2.93. The normalized spacial score (nSPS) is 14.8. The first-order valence-corrected chi connectivity index (χ1v) is 15.9. The van der Waals surface area contributed by atoms with E-state index in [9.17, 15) is 0 Å². The minimum atomic E-state index is -0.515. The molecule has 0 fully saturated rings. The summed E-state index contributed by atoms with van der Waals surface area (Å²) in [5, 5.41) is 0. The van der Waals surface area contributed by atoms with Gasteiger partial charge in [0, 0.05) is 0 Å². The van der Waals surface area contributed by atoms with Crippen LogP contribution >= 0.6 is 23.2 Å². The third-order valence-corrected chi connectivity index (χ3v) is 8.63. The van der Waals surface area contributed by atoms with Crippen LogP contribution in [0, 0.1) is 0 Å². The van der Waals surface area contributed by atoms with Gasteiger partial charge in [-0.2, -0.15) is 0 Å². The fraction of sp³-hybridized carbons (Fsp3) is 0.647. The number of benzene rings is 2.